The van der Waals surface area contributed by atoms with Crippen molar-refractivity contribution < 1.29 is 0 Å². The Morgan fingerprint density at radius 3 is 2.17 bits per heavy atom. The number of halogens is 2. The van der Waals surface area contributed by atoms with Crippen molar-refractivity contribution in [2.24, 2.45) is 20.7 Å². The van der Waals surface area contributed by atoms with Gasteiger partial charge in [-0.25, -0.2) is 9.98 Å². The molecule has 3 rings (SSSR count). The van der Waals surface area contributed by atoms with E-state index in [1.54, 1.807) is 24.3 Å². The number of nitrogens with two attached hydrogens (primary N) is 1. The number of guanidine groups is 1. The third-order valence-electron chi connectivity index (χ3n) is 2.99. The van der Waals surface area contributed by atoms with Crippen molar-refractivity contribution in [1.29, 1.82) is 0 Å². The van der Waals surface area contributed by atoms with Gasteiger partial charge in [0.15, 0.2) is 0 Å². The fourth-order valence-corrected chi connectivity index (χ4v) is 2.45. The molecule has 0 atom stereocenters. The van der Waals surface area contributed by atoms with Gasteiger partial charge in [0.25, 0.3) is 0 Å². The first-order valence-corrected chi connectivity index (χ1v) is 7.61. The van der Waals surface area contributed by atoms with Gasteiger partial charge in [0, 0.05) is 10.0 Å². The van der Waals surface area contributed by atoms with Crippen molar-refractivity contribution in [3.05, 3.63) is 58.6 Å². The van der Waals surface area contributed by atoms with Gasteiger partial charge in [0.1, 0.15) is 11.7 Å². The molecule has 2 aromatic carbocycles. The lowest BCUT2D eigenvalue weighted by molar-refractivity contribution is 1.17. The number of nitrogens with zero attached hydrogens (tertiary/aromatic N) is 3. The van der Waals surface area contributed by atoms with E-state index < -0.39 is 0 Å². The van der Waals surface area contributed by atoms with Crippen LogP contribution in [-0.4, -0.2) is 17.6 Å². The highest BCUT2D eigenvalue weighted by molar-refractivity contribution is 6.31. The molecule has 2 aromatic rings. The molecule has 0 bridgehead atoms. The SMILES string of the molecule is NC1=N/C(=N\c2cccc(Cl)c2)C/C(=N\c2cccc(Cl)c2)N1. The number of hydrogen-bond acceptors (Lipinski definition) is 3. The Balaban J connectivity index is 1.88. The standard InChI is InChI=1S/C16H13Cl2N5/c17-10-3-1-5-12(7-10)20-14-9-15(23-16(19)22-14)21-13-6-2-4-11(18)8-13/h1-8H,9H2,(H3,19,20,21,22,23). The first kappa shape index (κ1) is 15.5. The molecule has 23 heavy (non-hydrogen) atoms. The Hall–Kier alpha value is -2.37. The van der Waals surface area contributed by atoms with Crippen LogP contribution >= 0.6 is 23.2 Å². The monoisotopic (exact) mass is 345 g/mol. The van der Waals surface area contributed by atoms with Crippen molar-refractivity contribution in [1.82, 2.24) is 5.32 Å². The number of nitrogens with one attached hydrogen (secondary N) is 1. The first-order valence-electron chi connectivity index (χ1n) is 6.86. The predicted octanol–water partition coefficient (Wildman–Crippen LogP) is 4.06. The third-order valence-corrected chi connectivity index (χ3v) is 3.46. The molecule has 0 amide bonds. The van der Waals surface area contributed by atoms with E-state index in [2.05, 4.69) is 20.3 Å². The fourth-order valence-electron chi connectivity index (χ4n) is 2.08. The molecule has 0 aromatic heterocycles. The summed E-state index contributed by atoms with van der Waals surface area (Å²) in [5.74, 6) is 1.46. The van der Waals surface area contributed by atoms with Crippen LogP contribution in [0.25, 0.3) is 0 Å². The van der Waals surface area contributed by atoms with E-state index in [9.17, 15) is 0 Å². The molecular weight excluding hydrogens is 333 g/mol. The number of hydrogen-bond donors (Lipinski definition) is 2. The molecule has 116 valence electrons. The van der Waals surface area contributed by atoms with E-state index in [1.165, 1.54) is 0 Å². The highest BCUT2D eigenvalue weighted by Crippen LogP contribution is 2.21. The molecule has 0 aliphatic carbocycles. The van der Waals surface area contributed by atoms with Gasteiger partial charge in [0.05, 0.1) is 17.8 Å². The normalized spacial score (nSPS) is 17.9. The summed E-state index contributed by atoms with van der Waals surface area (Å²) in [4.78, 5) is 13.1. The van der Waals surface area contributed by atoms with E-state index in [-0.39, 0.29) is 5.96 Å². The van der Waals surface area contributed by atoms with Gasteiger partial charge < -0.3 is 11.1 Å². The second kappa shape index (κ2) is 6.81. The Bertz CT molecular complexity index is 827. The Morgan fingerprint density at radius 1 is 0.957 bits per heavy atom. The summed E-state index contributed by atoms with van der Waals surface area (Å²) in [7, 11) is 0. The highest BCUT2D eigenvalue weighted by Gasteiger charge is 2.14. The van der Waals surface area contributed by atoms with Crippen molar-refractivity contribution in [2.45, 2.75) is 6.42 Å². The summed E-state index contributed by atoms with van der Waals surface area (Å²) in [5.41, 5.74) is 7.26. The molecule has 0 unspecified atom stereocenters. The average Bonchev–Trinajstić information content (AvgIpc) is 2.46. The molecule has 0 saturated carbocycles. The number of amidine groups is 2. The van der Waals surface area contributed by atoms with Gasteiger partial charge in [0.2, 0.25) is 5.96 Å². The lowest BCUT2D eigenvalue weighted by Gasteiger charge is -2.15. The molecule has 0 saturated heterocycles. The van der Waals surface area contributed by atoms with Gasteiger partial charge in [-0.3, -0.25) is 0 Å². The second-order valence-electron chi connectivity index (χ2n) is 4.85. The highest BCUT2D eigenvalue weighted by atomic mass is 35.5. The van der Waals surface area contributed by atoms with Gasteiger partial charge in [-0.1, -0.05) is 35.3 Å². The summed E-state index contributed by atoms with van der Waals surface area (Å²) in [6.07, 6.45) is 0.430. The molecule has 7 heteroatoms. The summed E-state index contributed by atoms with van der Waals surface area (Å²) in [5, 5.41) is 4.18. The van der Waals surface area contributed by atoms with Crippen LogP contribution in [-0.2, 0) is 0 Å². The van der Waals surface area contributed by atoms with Crippen LogP contribution in [0.3, 0.4) is 0 Å². The minimum Gasteiger partial charge on any atom is -0.369 e. The molecule has 1 aliphatic rings. The van der Waals surface area contributed by atoms with Crippen LogP contribution in [0.1, 0.15) is 6.42 Å². The van der Waals surface area contributed by atoms with Crippen molar-refractivity contribution in [2.75, 3.05) is 0 Å². The minimum absolute atomic E-state index is 0.248. The van der Waals surface area contributed by atoms with E-state index in [1.807, 2.05) is 24.3 Å². The topological polar surface area (TPSA) is 75.1 Å². The van der Waals surface area contributed by atoms with E-state index >= 15 is 0 Å². The minimum atomic E-state index is 0.248. The van der Waals surface area contributed by atoms with Crippen molar-refractivity contribution in [3.8, 4) is 0 Å². The smallest absolute Gasteiger partial charge is 0.200 e. The molecule has 0 radical (unpaired) electrons. The quantitative estimate of drug-likeness (QED) is 0.860. The van der Waals surface area contributed by atoms with Gasteiger partial charge in [-0.15, -0.1) is 0 Å². The zero-order valence-corrected chi connectivity index (χ0v) is 13.5. The molecule has 1 aliphatic heterocycles. The number of benzene rings is 2. The molecular formula is C16H13Cl2N5. The third kappa shape index (κ3) is 4.31. The van der Waals surface area contributed by atoms with Crippen LogP contribution in [0, 0.1) is 0 Å². The van der Waals surface area contributed by atoms with Gasteiger partial charge in [-0.2, -0.15) is 4.99 Å². The Kier molecular flexibility index (Phi) is 4.60. The molecule has 3 N–H and O–H groups in total. The molecule has 0 fully saturated rings. The zero-order valence-electron chi connectivity index (χ0n) is 12.0. The van der Waals surface area contributed by atoms with E-state index in [0.29, 0.717) is 33.8 Å². The van der Waals surface area contributed by atoms with Gasteiger partial charge in [-0.05, 0) is 36.4 Å². The lowest BCUT2D eigenvalue weighted by Crippen LogP contribution is -2.42. The molecule has 1 heterocycles. The second-order valence-corrected chi connectivity index (χ2v) is 5.72. The predicted molar refractivity (Wildman–Crippen MR) is 96.5 cm³/mol. The van der Waals surface area contributed by atoms with Crippen LogP contribution in [0.15, 0.2) is 63.5 Å². The van der Waals surface area contributed by atoms with E-state index in [4.69, 9.17) is 28.9 Å². The summed E-state index contributed by atoms with van der Waals surface area (Å²) >= 11 is 11.9. The Labute approximate surface area is 143 Å². The van der Waals surface area contributed by atoms with Crippen LogP contribution in [0.5, 0.6) is 0 Å². The largest absolute Gasteiger partial charge is 0.369 e. The maximum absolute atomic E-state index is 5.97. The summed E-state index contributed by atoms with van der Waals surface area (Å²) in [6, 6.07) is 14.5. The zero-order chi connectivity index (χ0) is 16.2. The number of rotatable bonds is 2. The lowest BCUT2D eigenvalue weighted by atomic mass is 10.3. The molecule has 0 spiro atoms. The van der Waals surface area contributed by atoms with Crippen LogP contribution < -0.4 is 11.1 Å². The van der Waals surface area contributed by atoms with Gasteiger partial charge >= 0.3 is 0 Å². The number of aliphatic imine (C=N–C) groups is 3. The maximum atomic E-state index is 5.97. The maximum Gasteiger partial charge on any atom is 0.200 e. The first-order chi connectivity index (χ1) is 11.1. The molecule has 5 nitrogen and oxygen atoms in total. The van der Waals surface area contributed by atoms with E-state index in [0.717, 1.165) is 5.69 Å². The summed E-state index contributed by atoms with van der Waals surface area (Å²) < 4.78 is 0. The Morgan fingerprint density at radius 2 is 1.57 bits per heavy atom. The van der Waals surface area contributed by atoms with Crippen LogP contribution in [0.2, 0.25) is 10.0 Å². The van der Waals surface area contributed by atoms with Crippen LogP contribution in [0.4, 0.5) is 11.4 Å². The fraction of sp³-hybridized carbons (Fsp3) is 0.0625. The van der Waals surface area contributed by atoms with Crippen molar-refractivity contribution in [3.63, 3.8) is 0 Å². The summed E-state index contributed by atoms with van der Waals surface area (Å²) in [6.45, 7) is 0. The van der Waals surface area contributed by atoms with Crippen molar-refractivity contribution >= 4 is 52.2 Å². The average molecular weight is 346 g/mol.